The van der Waals surface area contributed by atoms with Gasteiger partial charge in [-0.2, -0.15) is 0 Å². The second-order valence-corrected chi connectivity index (χ2v) is 4.39. The zero-order valence-electron chi connectivity index (χ0n) is 10.9. The molecule has 0 fully saturated rings. The van der Waals surface area contributed by atoms with Crippen LogP contribution >= 0.6 is 0 Å². The van der Waals surface area contributed by atoms with E-state index in [1.165, 1.54) is 27.2 Å². The summed E-state index contributed by atoms with van der Waals surface area (Å²) in [6.45, 7) is 5.03. The molecule has 0 saturated heterocycles. The average Bonchev–Trinajstić information content (AvgIpc) is 2.16. The molecule has 1 unspecified atom stereocenters. The lowest BCUT2D eigenvalue weighted by molar-refractivity contribution is -0.214. The van der Waals surface area contributed by atoms with Crippen molar-refractivity contribution in [3.63, 3.8) is 0 Å². The van der Waals surface area contributed by atoms with Crippen LogP contribution < -0.4 is 0 Å². The molecule has 0 saturated carbocycles. The van der Waals surface area contributed by atoms with E-state index >= 15 is 0 Å². The topological polar surface area (TPSA) is 38.7 Å². The van der Waals surface area contributed by atoms with E-state index in [2.05, 4.69) is 0 Å². The molecule has 1 N–H and O–H groups in total. The lowest BCUT2D eigenvalue weighted by Gasteiger charge is -2.32. The lowest BCUT2D eigenvalue weighted by atomic mass is 9.89. The summed E-state index contributed by atoms with van der Waals surface area (Å²) in [4.78, 5) is 0. The Balaban J connectivity index is 3.32. The average molecular weight is 242 g/mol. The Labute approximate surface area is 101 Å². The van der Waals surface area contributed by atoms with E-state index in [1.54, 1.807) is 13.8 Å². The summed E-state index contributed by atoms with van der Waals surface area (Å²) < 4.78 is 24.0. The molecule has 17 heavy (non-hydrogen) atoms. The molecule has 4 heteroatoms. The summed E-state index contributed by atoms with van der Waals surface area (Å²) in [5.41, 5.74) is 0.153. The summed E-state index contributed by atoms with van der Waals surface area (Å²) in [6, 6.07) is 3.20. The van der Waals surface area contributed by atoms with Crippen LogP contribution in [0.4, 0.5) is 4.39 Å². The Morgan fingerprint density at radius 1 is 1.24 bits per heavy atom. The molecule has 0 aliphatic carbocycles. The minimum absolute atomic E-state index is 0.205. The van der Waals surface area contributed by atoms with Crippen molar-refractivity contribution >= 4 is 0 Å². The molecule has 1 aromatic carbocycles. The highest BCUT2D eigenvalue weighted by molar-refractivity contribution is 5.36. The number of hydrogen-bond donors (Lipinski definition) is 1. The molecule has 3 nitrogen and oxygen atoms in total. The van der Waals surface area contributed by atoms with Crippen LogP contribution in [0.25, 0.3) is 0 Å². The highest BCUT2D eigenvalue weighted by atomic mass is 19.1. The van der Waals surface area contributed by atoms with Crippen LogP contribution in [0.1, 0.15) is 23.6 Å². The molecular formula is C13H19FO3. The largest absolute Gasteiger partial charge is 0.380 e. The van der Waals surface area contributed by atoms with Gasteiger partial charge in [-0.1, -0.05) is 6.07 Å². The van der Waals surface area contributed by atoms with Crippen molar-refractivity contribution in [2.75, 3.05) is 14.2 Å². The number of halogens is 1. The predicted octanol–water partition coefficient (Wildman–Crippen LogP) is 2.27. The Hall–Kier alpha value is -0.970. The number of ether oxygens (including phenoxy) is 2. The van der Waals surface area contributed by atoms with Gasteiger partial charge in [0.15, 0.2) is 6.29 Å². The molecule has 0 amide bonds. The highest BCUT2D eigenvalue weighted by Gasteiger charge is 2.38. The van der Waals surface area contributed by atoms with E-state index in [9.17, 15) is 9.50 Å². The second kappa shape index (κ2) is 5.12. The van der Waals surface area contributed by atoms with Crippen LogP contribution in [-0.4, -0.2) is 25.6 Å². The van der Waals surface area contributed by atoms with Crippen LogP contribution in [0.15, 0.2) is 12.1 Å². The predicted molar refractivity (Wildman–Crippen MR) is 63.3 cm³/mol. The van der Waals surface area contributed by atoms with Crippen molar-refractivity contribution in [2.45, 2.75) is 32.7 Å². The van der Waals surface area contributed by atoms with Crippen molar-refractivity contribution < 1.29 is 19.0 Å². The van der Waals surface area contributed by atoms with Crippen molar-refractivity contribution in [3.8, 4) is 0 Å². The van der Waals surface area contributed by atoms with Crippen LogP contribution in [-0.2, 0) is 15.1 Å². The van der Waals surface area contributed by atoms with Crippen molar-refractivity contribution in [1.29, 1.82) is 0 Å². The summed E-state index contributed by atoms with van der Waals surface area (Å²) in [7, 11) is 2.81. The molecule has 0 aromatic heterocycles. The SMILES string of the molecule is COC(OC)C(C)(O)c1c(C)cc(C)cc1F. The van der Waals surface area contributed by atoms with Crippen molar-refractivity contribution in [2.24, 2.45) is 0 Å². The first-order chi connectivity index (χ1) is 7.84. The smallest absolute Gasteiger partial charge is 0.189 e. The Morgan fingerprint density at radius 3 is 2.18 bits per heavy atom. The fourth-order valence-corrected chi connectivity index (χ4v) is 2.23. The molecule has 0 bridgehead atoms. The maximum atomic E-state index is 14.0. The third kappa shape index (κ3) is 2.65. The zero-order chi connectivity index (χ0) is 13.2. The number of methoxy groups -OCH3 is 2. The zero-order valence-corrected chi connectivity index (χ0v) is 10.9. The van der Waals surface area contributed by atoms with Gasteiger partial charge in [0.25, 0.3) is 0 Å². The standard InChI is InChI=1S/C13H19FO3/c1-8-6-9(2)11(10(14)7-8)13(3,15)12(16-4)17-5/h6-7,12,15H,1-5H3. The van der Waals surface area contributed by atoms with E-state index in [1.807, 2.05) is 6.07 Å². The van der Waals surface area contributed by atoms with Crippen LogP contribution in [0.5, 0.6) is 0 Å². The summed E-state index contributed by atoms with van der Waals surface area (Å²) >= 11 is 0. The van der Waals surface area contributed by atoms with Crippen LogP contribution in [0, 0.1) is 19.7 Å². The van der Waals surface area contributed by atoms with Gasteiger partial charge in [0.1, 0.15) is 11.4 Å². The maximum absolute atomic E-state index is 14.0. The molecule has 0 aliphatic heterocycles. The van der Waals surface area contributed by atoms with Gasteiger partial charge in [-0.3, -0.25) is 0 Å². The Bertz CT molecular complexity index is 375. The molecule has 0 heterocycles. The Kier molecular flexibility index (Phi) is 4.25. The molecule has 1 rings (SSSR count). The van der Waals surface area contributed by atoms with Gasteiger partial charge in [-0.05, 0) is 38.0 Å². The molecular weight excluding hydrogens is 223 g/mol. The number of aliphatic hydroxyl groups is 1. The number of hydrogen-bond acceptors (Lipinski definition) is 3. The van der Waals surface area contributed by atoms with Gasteiger partial charge in [-0.25, -0.2) is 4.39 Å². The number of aryl methyl sites for hydroxylation is 2. The quantitative estimate of drug-likeness (QED) is 0.823. The minimum Gasteiger partial charge on any atom is -0.380 e. The molecule has 1 atom stereocenters. The molecule has 0 radical (unpaired) electrons. The molecule has 0 aliphatic rings. The van der Waals surface area contributed by atoms with Gasteiger partial charge >= 0.3 is 0 Å². The van der Waals surface area contributed by atoms with Gasteiger partial charge < -0.3 is 14.6 Å². The third-order valence-electron chi connectivity index (χ3n) is 2.82. The van der Waals surface area contributed by atoms with Crippen LogP contribution in [0.3, 0.4) is 0 Å². The van der Waals surface area contributed by atoms with Gasteiger partial charge in [0, 0.05) is 19.8 Å². The lowest BCUT2D eigenvalue weighted by Crippen LogP contribution is -2.40. The first-order valence-electron chi connectivity index (χ1n) is 5.39. The monoisotopic (exact) mass is 242 g/mol. The molecule has 1 aromatic rings. The highest BCUT2D eigenvalue weighted by Crippen LogP contribution is 2.32. The van der Waals surface area contributed by atoms with E-state index in [0.29, 0.717) is 5.56 Å². The minimum atomic E-state index is -1.54. The number of rotatable bonds is 4. The summed E-state index contributed by atoms with van der Waals surface area (Å²) in [5, 5.41) is 10.4. The Morgan fingerprint density at radius 2 is 1.76 bits per heavy atom. The van der Waals surface area contributed by atoms with E-state index in [0.717, 1.165) is 5.56 Å². The summed E-state index contributed by atoms with van der Waals surface area (Å²) in [6.07, 6.45) is -0.918. The maximum Gasteiger partial charge on any atom is 0.189 e. The number of benzene rings is 1. The van der Waals surface area contributed by atoms with Crippen molar-refractivity contribution in [1.82, 2.24) is 0 Å². The summed E-state index contributed by atoms with van der Waals surface area (Å²) in [5.74, 6) is -0.452. The normalized spacial score (nSPS) is 15.1. The molecule has 96 valence electrons. The van der Waals surface area contributed by atoms with Gasteiger partial charge in [-0.15, -0.1) is 0 Å². The van der Waals surface area contributed by atoms with Gasteiger partial charge in [0.2, 0.25) is 0 Å². The van der Waals surface area contributed by atoms with Gasteiger partial charge in [0.05, 0.1) is 0 Å². The van der Waals surface area contributed by atoms with Crippen LogP contribution in [0.2, 0.25) is 0 Å². The third-order valence-corrected chi connectivity index (χ3v) is 2.82. The van der Waals surface area contributed by atoms with Crippen molar-refractivity contribution in [3.05, 3.63) is 34.6 Å². The first-order valence-corrected chi connectivity index (χ1v) is 5.39. The fraction of sp³-hybridized carbons (Fsp3) is 0.538. The first kappa shape index (κ1) is 14.1. The molecule has 0 spiro atoms. The fourth-order valence-electron chi connectivity index (χ4n) is 2.23. The second-order valence-electron chi connectivity index (χ2n) is 4.39. The van der Waals surface area contributed by atoms with E-state index in [-0.39, 0.29) is 5.56 Å². The van der Waals surface area contributed by atoms with E-state index in [4.69, 9.17) is 9.47 Å². The van der Waals surface area contributed by atoms with E-state index < -0.39 is 17.7 Å².